The normalized spacial score (nSPS) is 18.8. The molecule has 3 rings (SSSR count). The molecule has 1 amide bonds. The van der Waals surface area contributed by atoms with Gasteiger partial charge in [0.1, 0.15) is 5.75 Å². The molecule has 1 aliphatic heterocycles. The van der Waals surface area contributed by atoms with Gasteiger partial charge < -0.3 is 10.1 Å². The molecule has 1 fully saturated rings. The van der Waals surface area contributed by atoms with Gasteiger partial charge in [-0.1, -0.05) is 30.3 Å². The monoisotopic (exact) mass is 416 g/mol. The number of benzene rings is 2. The van der Waals surface area contributed by atoms with Gasteiger partial charge in [-0.2, -0.15) is 0 Å². The highest BCUT2D eigenvalue weighted by Gasteiger charge is 2.28. The van der Waals surface area contributed by atoms with E-state index in [2.05, 4.69) is 10.2 Å². The second-order valence-corrected chi connectivity index (χ2v) is 9.54. The van der Waals surface area contributed by atoms with Crippen LogP contribution in [0.3, 0.4) is 0 Å². The molecule has 2 aromatic rings. The van der Waals surface area contributed by atoms with E-state index in [1.807, 2.05) is 37.3 Å². The van der Waals surface area contributed by atoms with E-state index in [4.69, 9.17) is 4.74 Å². The molecule has 0 aliphatic carbocycles. The Morgan fingerprint density at radius 1 is 1.17 bits per heavy atom. The predicted molar refractivity (Wildman–Crippen MR) is 114 cm³/mol. The van der Waals surface area contributed by atoms with Crippen molar-refractivity contribution in [3.05, 3.63) is 54.6 Å². The van der Waals surface area contributed by atoms with Crippen LogP contribution in [0.15, 0.2) is 59.5 Å². The molecule has 0 saturated carbocycles. The van der Waals surface area contributed by atoms with Crippen LogP contribution in [0.2, 0.25) is 0 Å². The third-order valence-electron chi connectivity index (χ3n) is 5.25. The number of rotatable bonds is 7. The molecular formula is C22H28N2O4S. The molecule has 1 aliphatic rings. The Hall–Kier alpha value is -2.38. The molecule has 1 N–H and O–H groups in total. The van der Waals surface area contributed by atoms with E-state index in [-0.39, 0.29) is 16.8 Å². The lowest BCUT2D eigenvalue weighted by Crippen LogP contribution is -2.48. The predicted octanol–water partition coefficient (Wildman–Crippen LogP) is 3.21. The largest absolute Gasteiger partial charge is 0.493 e. The van der Waals surface area contributed by atoms with Gasteiger partial charge in [0.15, 0.2) is 9.84 Å². The molecule has 0 bridgehead atoms. The zero-order chi connectivity index (χ0) is 20.9. The summed E-state index contributed by atoms with van der Waals surface area (Å²) in [6, 6.07) is 15.9. The van der Waals surface area contributed by atoms with Crippen LogP contribution in [0.4, 0.5) is 5.69 Å². The first kappa shape index (κ1) is 21.3. The van der Waals surface area contributed by atoms with Gasteiger partial charge in [0.2, 0.25) is 5.91 Å². The second kappa shape index (κ2) is 9.41. The zero-order valence-electron chi connectivity index (χ0n) is 16.9. The van der Waals surface area contributed by atoms with E-state index < -0.39 is 9.84 Å². The van der Waals surface area contributed by atoms with Gasteiger partial charge in [0.05, 0.1) is 23.2 Å². The highest BCUT2D eigenvalue weighted by Crippen LogP contribution is 2.23. The second-order valence-electron chi connectivity index (χ2n) is 7.56. The number of amides is 1. The lowest BCUT2D eigenvalue weighted by atomic mass is 9.97. The number of carbonyl (C=O) groups excluding carboxylic acids is 1. The summed E-state index contributed by atoms with van der Waals surface area (Å²) in [6.45, 7) is 4.09. The third-order valence-corrected chi connectivity index (χ3v) is 6.41. The Kier molecular flexibility index (Phi) is 6.92. The van der Waals surface area contributed by atoms with Crippen LogP contribution < -0.4 is 10.1 Å². The van der Waals surface area contributed by atoms with E-state index in [0.29, 0.717) is 18.2 Å². The maximum atomic E-state index is 12.8. The minimum absolute atomic E-state index is 0.133. The number of piperidine rings is 1. The van der Waals surface area contributed by atoms with Crippen molar-refractivity contribution in [2.24, 2.45) is 5.92 Å². The van der Waals surface area contributed by atoms with Crippen LogP contribution in [0.25, 0.3) is 0 Å². The minimum atomic E-state index is -3.42. The van der Waals surface area contributed by atoms with Crippen molar-refractivity contribution in [1.29, 1.82) is 0 Å². The summed E-state index contributed by atoms with van der Waals surface area (Å²) in [5.74, 6) is 1.00. The van der Waals surface area contributed by atoms with Gasteiger partial charge in [0, 0.05) is 18.7 Å². The molecule has 7 heteroatoms. The van der Waals surface area contributed by atoms with Crippen LogP contribution in [-0.2, 0) is 14.6 Å². The summed E-state index contributed by atoms with van der Waals surface area (Å²) in [7, 11) is -3.42. The Morgan fingerprint density at radius 3 is 2.59 bits per heavy atom. The van der Waals surface area contributed by atoms with E-state index >= 15 is 0 Å². The summed E-state index contributed by atoms with van der Waals surface area (Å²) >= 11 is 0. The van der Waals surface area contributed by atoms with Crippen molar-refractivity contribution >= 4 is 21.4 Å². The number of para-hydroxylation sites is 2. The summed E-state index contributed by atoms with van der Waals surface area (Å²) in [6.07, 6.45) is 3.21. The van der Waals surface area contributed by atoms with Gasteiger partial charge in [-0.15, -0.1) is 0 Å². The fourth-order valence-electron chi connectivity index (χ4n) is 3.61. The number of hydrogen-bond acceptors (Lipinski definition) is 5. The number of hydrogen-bond donors (Lipinski definition) is 1. The lowest BCUT2D eigenvalue weighted by Gasteiger charge is -2.36. The van der Waals surface area contributed by atoms with Crippen molar-refractivity contribution < 1.29 is 17.9 Å². The molecule has 2 atom stereocenters. The van der Waals surface area contributed by atoms with E-state index in [1.54, 1.807) is 18.2 Å². The number of likely N-dealkylation sites (tertiary alicyclic amines) is 1. The van der Waals surface area contributed by atoms with Crippen molar-refractivity contribution in [1.82, 2.24) is 4.90 Å². The average molecular weight is 417 g/mol. The first-order chi connectivity index (χ1) is 13.8. The molecule has 0 spiro atoms. The van der Waals surface area contributed by atoms with Crippen molar-refractivity contribution in [3.8, 4) is 5.75 Å². The molecule has 0 radical (unpaired) electrons. The number of nitrogens with zero attached hydrogens (tertiary/aromatic N) is 1. The number of anilines is 1. The van der Waals surface area contributed by atoms with Crippen molar-refractivity contribution in [2.75, 3.05) is 31.3 Å². The fourth-order valence-corrected chi connectivity index (χ4v) is 4.46. The summed E-state index contributed by atoms with van der Waals surface area (Å²) in [5.41, 5.74) is 0.327. The van der Waals surface area contributed by atoms with E-state index in [9.17, 15) is 13.2 Å². The Morgan fingerprint density at radius 2 is 1.86 bits per heavy atom. The van der Waals surface area contributed by atoms with Gasteiger partial charge >= 0.3 is 0 Å². The standard InChI is InChI=1S/C22H28N2O4S/c1-17(22(25)23-20-12-6-7-13-21(20)29(2,26)27)24-14-8-9-18(15-24)16-28-19-10-4-3-5-11-19/h3-7,10-13,17-18H,8-9,14-16H2,1-2H3,(H,23,25). The first-order valence-electron chi connectivity index (χ1n) is 9.86. The SMILES string of the molecule is CC(C(=O)Nc1ccccc1S(C)(=O)=O)N1CCCC(COc2ccccc2)C1. The molecule has 2 unspecified atom stereocenters. The lowest BCUT2D eigenvalue weighted by molar-refractivity contribution is -0.121. The molecule has 156 valence electrons. The Bertz CT molecular complexity index is 931. The quantitative estimate of drug-likeness (QED) is 0.750. The molecule has 0 aromatic heterocycles. The Labute approximate surface area is 172 Å². The topological polar surface area (TPSA) is 75.7 Å². The third kappa shape index (κ3) is 5.81. The minimum Gasteiger partial charge on any atom is -0.493 e. The van der Waals surface area contributed by atoms with Crippen LogP contribution >= 0.6 is 0 Å². The van der Waals surface area contributed by atoms with Gasteiger partial charge in [0.25, 0.3) is 0 Å². The van der Waals surface area contributed by atoms with Gasteiger partial charge in [-0.05, 0) is 50.6 Å². The maximum absolute atomic E-state index is 12.8. The van der Waals surface area contributed by atoms with Crippen molar-refractivity contribution in [3.63, 3.8) is 0 Å². The molecular weight excluding hydrogens is 388 g/mol. The maximum Gasteiger partial charge on any atom is 0.241 e. The molecule has 29 heavy (non-hydrogen) atoms. The number of carbonyl (C=O) groups is 1. The average Bonchev–Trinajstić information content (AvgIpc) is 2.72. The molecule has 1 heterocycles. The highest BCUT2D eigenvalue weighted by molar-refractivity contribution is 7.90. The number of nitrogens with one attached hydrogen (secondary N) is 1. The molecule has 2 aromatic carbocycles. The van der Waals surface area contributed by atoms with Gasteiger partial charge in [-0.25, -0.2) is 8.42 Å². The molecule has 6 nitrogen and oxygen atoms in total. The summed E-state index contributed by atoms with van der Waals surface area (Å²) in [4.78, 5) is 15.1. The number of ether oxygens (including phenoxy) is 1. The molecule has 1 saturated heterocycles. The van der Waals surface area contributed by atoms with Crippen LogP contribution in [-0.4, -0.2) is 51.2 Å². The van der Waals surface area contributed by atoms with Crippen LogP contribution in [0.1, 0.15) is 19.8 Å². The van der Waals surface area contributed by atoms with Gasteiger partial charge in [-0.3, -0.25) is 9.69 Å². The number of sulfone groups is 1. The zero-order valence-corrected chi connectivity index (χ0v) is 17.7. The van der Waals surface area contributed by atoms with Crippen molar-refractivity contribution in [2.45, 2.75) is 30.7 Å². The van der Waals surface area contributed by atoms with Crippen LogP contribution in [0.5, 0.6) is 5.75 Å². The van der Waals surface area contributed by atoms with E-state index in [1.165, 1.54) is 6.07 Å². The first-order valence-corrected chi connectivity index (χ1v) is 11.8. The summed E-state index contributed by atoms with van der Waals surface area (Å²) in [5, 5.41) is 2.80. The fraction of sp³-hybridized carbons (Fsp3) is 0.409. The Balaban J connectivity index is 1.59. The smallest absolute Gasteiger partial charge is 0.241 e. The highest BCUT2D eigenvalue weighted by atomic mass is 32.2. The van der Waals surface area contributed by atoms with E-state index in [0.717, 1.165) is 37.9 Å². The van der Waals surface area contributed by atoms with Crippen LogP contribution in [0, 0.1) is 5.92 Å². The summed E-state index contributed by atoms with van der Waals surface area (Å²) < 4.78 is 29.8.